The second kappa shape index (κ2) is 3.80. The van der Waals surface area contributed by atoms with Crippen molar-refractivity contribution in [2.75, 3.05) is 0 Å². The van der Waals surface area contributed by atoms with Gasteiger partial charge in [-0.2, -0.15) is 5.10 Å². The quantitative estimate of drug-likeness (QED) is 0.843. The maximum absolute atomic E-state index is 10.8. The summed E-state index contributed by atoms with van der Waals surface area (Å²) in [5.74, 6) is -0.321. The first-order chi connectivity index (χ1) is 7.58. The number of aryl methyl sites for hydroxylation is 1. The van der Waals surface area contributed by atoms with Crippen molar-refractivity contribution in [1.29, 1.82) is 0 Å². The molecule has 2 heterocycles. The molecule has 0 bridgehead atoms. The van der Waals surface area contributed by atoms with E-state index in [1.807, 2.05) is 6.92 Å². The van der Waals surface area contributed by atoms with E-state index in [1.54, 1.807) is 17.7 Å². The van der Waals surface area contributed by atoms with Crippen LogP contribution < -0.4 is 0 Å². The fourth-order valence-corrected chi connectivity index (χ4v) is 1.45. The molecule has 6 heteroatoms. The summed E-state index contributed by atoms with van der Waals surface area (Å²) in [7, 11) is 0. The molecule has 0 amide bonds. The first kappa shape index (κ1) is 10.4. The van der Waals surface area contributed by atoms with E-state index in [0.29, 0.717) is 18.0 Å². The zero-order valence-electron chi connectivity index (χ0n) is 8.97. The highest BCUT2D eigenvalue weighted by molar-refractivity contribution is 5.88. The predicted octanol–water partition coefficient (Wildman–Crippen LogP) is 1.23. The Hall–Kier alpha value is -2.11. The average Bonchev–Trinajstić information content (AvgIpc) is 2.76. The summed E-state index contributed by atoms with van der Waals surface area (Å²) in [6.07, 6.45) is 1.33. The second-order valence-corrected chi connectivity index (χ2v) is 3.54. The highest BCUT2D eigenvalue weighted by atomic mass is 16.5. The van der Waals surface area contributed by atoms with Gasteiger partial charge >= 0.3 is 5.97 Å². The van der Waals surface area contributed by atoms with Gasteiger partial charge in [0, 0.05) is 6.07 Å². The highest BCUT2D eigenvalue weighted by Gasteiger charge is 2.13. The molecule has 0 spiro atoms. The standard InChI is InChI=1S/C10H11N3O3/c1-6-3-8(16-12-6)5-13-7(2)9(4-11-13)10(14)15/h3-4H,5H2,1-2H3,(H,14,15). The molecule has 0 fully saturated rings. The maximum Gasteiger partial charge on any atom is 0.339 e. The van der Waals surface area contributed by atoms with Gasteiger partial charge < -0.3 is 9.63 Å². The van der Waals surface area contributed by atoms with Gasteiger partial charge in [0.15, 0.2) is 5.76 Å². The van der Waals surface area contributed by atoms with Crippen LogP contribution in [0.2, 0.25) is 0 Å². The fraction of sp³-hybridized carbons (Fsp3) is 0.300. The van der Waals surface area contributed by atoms with Gasteiger partial charge in [-0.25, -0.2) is 4.79 Å². The van der Waals surface area contributed by atoms with Crippen LogP contribution in [0.5, 0.6) is 0 Å². The van der Waals surface area contributed by atoms with Crippen molar-refractivity contribution < 1.29 is 14.4 Å². The van der Waals surface area contributed by atoms with E-state index in [2.05, 4.69) is 10.3 Å². The Labute approximate surface area is 91.5 Å². The number of hydrogen-bond acceptors (Lipinski definition) is 4. The van der Waals surface area contributed by atoms with Crippen LogP contribution in [0.15, 0.2) is 16.8 Å². The minimum absolute atomic E-state index is 0.205. The summed E-state index contributed by atoms with van der Waals surface area (Å²) in [5.41, 5.74) is 1.59. The Kier molecular flexibility index (Phi) is 2.47. The number of hydrogen-bond donors (Lipinski definition) is 1. The van der Waals surface area contributed by atoms with Crippen molar-refractivity contribution in [2.24, 2.45) is 0 Å². The lowest BCUT2D eigenvalue weighted by Gasteiger charge is -2.00. The van der Waals surface area contributed by atoms with Crippen LogP contribution in [-0.2, 0) is 6.54 Å². The van der Waals surface area contributed by atoms with Gasteiger partial charge in [0.1, 0.15) is 12.1 Å². The summed E-state index contributed by atoms with van der Waals surface area (Å²) in [6.45, 7) is 3.92. The van der Waals surface area contributed by atoms with E-state index in [9.17, 15) is 4.79 Å². The van der Waals surface area contributed by atoms with E-state index in [4.69, 9.17) is 9.63 Å². The highest BCUT2D eigenvalue weighted by Crippen LogP contribution is 2.10. The summed E-state index contributed by atoms with van der Waals surface area (Å²) < 4.78 is 6.61. The number of aromatic nitrogens is 3. The van der Waals surface area contributed by atoms with E-state index < -0.39 is 5.97 Å². The van der Waals surface area contributed by atoms with Crippen molar-refractivity contribution in [1.82, 2.24) is 14.9 Å². The summed E-state index contributed by atoms with van der Waals surface area (Å²) in [4.78, 5) is 10.8. The second-order valence-electron chi connectivity index (χ2n) is 3.54. The molecule has 1 N–H and O–H groups in total. The molecule has 2 rings (SSSR count). The number of nitrogens with zero attached hydrogens (tertiary/aromatic N) is 3. The van der Waals surface area contributed by atoms with Gasteiger partial charge in [-0.15, -0.1) is 0 Å². The van der Waals surface area contributed by atoms with E-state index in [1.165, 1.54) is 6.20 Å². The molecule has 0 unspecified atom stereocenters. The van der Waals surface area contributed by atoms with E-state index >= 15 is 0 Å². The van der Waals surface area contributed by atoms with E-state index in [-0.39, 0.29) is 5.56 Å². The van der Waals surface area contributed by atoms with E-state index in [0.717, 1.165) is 5.69 Å². The monoisotopic (exact) mass is 221 g/mol. The SMILES string of the molecule is Cc1cc(Cn2ncc(C(=O)O)c2C)on1. The van der Waals surface area contributed by atoms with Crippen LogP contribution >= 0.6 is 0 Å². The molecule has 0 aliphatic heterocycles. The lowest BCUT2D eigenvalue weighted by molar-refractivity contribution is 0.0696. The molecule has 0 saturated heterocycles. The topological polar surface area (TPSA) is 81.2 Å². The van der Waals surface area contributed by atoms with Crippen molar-refractivity contribution in [3.8, 4) is 0 Å². The lowest BCUT2D eigenvalue weighted by atomic mass is 10.2. The average molecular weight is 221 g/mol. The maximum atomic E-state index is 10.8. The molecule has 0 saturated carbocycles. The Morgan fingerprint density at radius 3 is 2.81 bits per heavy atom. The molecule has 0 aromatic carbocycles. The Morgan fingerprint density at radius 2 is 2.31 bits per heavy atom. The number of carboxylic acid groups (broad SMARTS) is 1. The number of rotatable bonds is 3. The van der Waals surface area contributed by atoms with Gasteiger partial charge in [-0.3, -0.25) is 4.68 Å². The van der Waals surface area contributed by atoms with Crippen LogP contribution in [0.1, 0.15) is 27.5 Å². The molecule has 0 aliphatic carbocycles. The van der Waals surface area contributed by atoms with Gasteiger partial charge in [0.25, 0.3) is 0 Å². The zero-order valence-corrected chi connectivity index (χ0v) is 8.97. The number of aromatic carboxylic acids is 1. The van der Waals surface area contributed by atoms with Crippen LogP contribution in [0.25, 0.3) is 0 Å². The molecule has 6 nitrogen and oxygen atoms in total. The van der Waals surface area contributed by atoms with Crippen LogP contribution in [-0.4, -0.2) is 26.0 Å². The Morgan fingerprint density at radius 1 is 1.56 bits per heavy atom. The third-order valence-electron chi connectivity index (χ3n) is 2.32. The number of carbonyl (C=O) groups is 1. The van der Waals surface area contributed by atoms with Gasteiger partial charge in [0.05, 0.1) is 17.6 Å². The van der Waals surface area contributed by atoms with Gasteiger partial charge in [-0.1, -0.05) is 5.16 Å². The third-order valence-corrected chi connectivity index (χ3v) is 2.32. The summed E-state index contributed by atoms with van der Waals surface area (Å²) >= 11 is 0. The molecule has 2 aromatic rings. The number of carboxylic acids is 1. The zero-order chi connectivity index (χ0) is 11.7. The van der Waals surface area contributed by atoms with Crippen molar-refractivity contribution in [3.05, 3.63) is 35.0 Å². The minimum atomic E-state index is -0.975. The minimum Gasteiger partial charge on any atom is -0.478 e. The normalized spacial score (nSPS) is 10.6. The van der Waals surface area contributed by atoms with Crippen molar-refractivity contribution in [3.63, 3.8) is 0 Å². The molecule has 0 aliphatic rings. The molecule has 0 atom stereocenters. The smallest absolute Gasteiger partial charge is 0.339 e. The van der Waals surface area contributed by atoms with Crippen LogP contribution in [0.3, 0.4) is 0 Å². The summed E-state index contributed by atoms with van der Waals surface area (Å²) in [6, 6.07) is 1.79. The van der Waals surface area contributed by atoms with Gasteiger partial charge in [0.2, 0.25) is 0 Å². The first-order valence-electron chi connectivity index (χ1n) is 4.76. The van der Waals surface area contributed by atoms with Crippen molar-refractivity contribution >= 4 is 5.97 Å². The molecular formula is C10H11N3O3. The third kappa shape index (κ3) is 1.81. The van der Waals surface area contributed by atoms with Crippen molar-refractivity contribution in [2.45, 2.75) is 20.4 Å². The molecule has 84 valence electrons. The molecular weight excluding hydrogens is 210 g/mol. The Balaban J connectivity index is 2.25. The fourth-order valence-electron chi connectivity index (χ4n) is 1.45. The predicted molar refractivity (Wildman–Crippen MR) is 54.3 cm³/mol. The summed E-state index contributed by atoms with van der Waals surface area (Å²) in [5, 5.41) is 16.6. The Bertz CT molecular complexity index is 527. The largest absolute Gasteiger partial charge is 0.478 e. The van der Waals surface area contributed by atoms with Crippen LogP contribution in [0.4, 0.5) is 0 Å². The molecule has 16 heavy (non-hydrogen) atoms. The molecule has 0 radical (unpaired) electrons. The van der Waals surface area contributed by atoms with Crippen LogP contribution in [0, 0.1) is 13.8 Å². The van der Waals surface area contributed by atoms with Gasteiger partial charge in [-0.05, 0) is 13.8 Å². The lowest BCUT2D eigenvalue weighted by Crippen LogP contribution is -2.05. The molecule has 2 aromatic heterocycles. The first-order valence-corrected chi connectivity index (χ1v) is 4.76.